The standard InChI is InChI=1S/C16H14ClN3OS/c1-20-14-9-5-4-8-13(14)19-16(20)22-10-15(21)18-12-7-3-2-6-11(12)17/h2-9H,10H2,1H3,(H,18,21). The van der Waals surface area contributed by atoms with E-state index in [4.69, 9.17) is 11.6 Å². The van der Waals surface area contributed by atoms with Gasteiger partial charge in [-0.25, -0.2) is 4.98 Å². The lowest BCUT2D eigenvalue weighted by Crippen LogP contribution is -2.14. The zero-order chi connectivity index (χ0) is 15.5. The molecule has 0 radical (unpaired) electrons. The van der Waals surface area contributed by atoms with Crippen LogP contribution in [0.3, 0.4) is 0 Å². The molecule has 112 valence electrons. The van der Waals surface area contributed by atoms with Crippen molar-refractivity contribution in [3.8, 4) is 0 Å². The van der Waals surface area contributed by atoms with E-state index in [1.807, 2.05) is 48.0 Å². The fourth-order valence-electron chi connectivity index (χ4n) is 2.13. The summed E-state index contributed by atoms with van der Waals surface area (Å²) in [5, 5.41) is 4.15. The molecule has 4 nitrogen and oxygen atoms in total. The highest BCUT2D eigenvalue weighted by Gasteiger charge is 2.11. The SMILES string of the molecule is Cn1c(SCC(=O)Nc2ccccc2Cl)nc2ccccc21. The third kappa shape index (κ3) is 3.10. The zero-order valence-corrected chi connectivity index (χ0v) is 13.5. The highest BCUT2D eigenvalue weighted by Crippen LogP contribution is 2.24. The number of carbonyl (C=O) groups is 1. The molecule has 2 aromatic carbocycles. The lowest BCUT2D eigenvalue weighted by Gasteiger charge is -2.06. The van der Waals surface area contributed by atoms with Gasteiger partial charge in [0.15, 0.2) is 5.16 Å². The van der Waals surface area contributed by atoms with Crippen LogP contribution in [0.25, 0.3) is 11.0 Å². The predicted octanol–water partition coefficient (Wildman–Crippen LogP) is 3.96. The molecule has 3 rings (SSSR count). The first-order valence-electron chi connectivity index (χ1n) is 6.74. The Hall–Kier alpha value is -1.98. The Bertz CT molecular complexity index is 831. The van der Waals surface area contributed by atoms with Crippen LogP contribution in [0.5, 0.6) is 0 Å². The average molecular weight is 332 g/mol. The number of benzene rings is 2. The molecule has 6 heteroatoms. The van der Waals surface area contributed by atoms with Gasteiger partial charge in [0, 0.05) is 7.05 Å². The molecular weight excluding hydrogens is 318 g/mol. The van der Waals surface area contributed by atoms with Gasteiger partial charge in [0.25, 0.3) is 0 Å². The van der Waals surface area contributed by atoms with E-state index in [1.54, 1.807) is 12.1 Å². The van der Waals surface area contributed by atoms with Crippen molar-refractivity contribution in [3.05, 3.63) is 53.6 Å². The highest BCUT2D eigenvalue weighted by molar-refractivity contribution is 7.99. The lowest BCUT2D eigenvalue weighted by atomic mass is 10.3. The van der Waals surface area contributed by atoms with Gasteiger partial charge in [-0.05, 0) is 24.3 Å². The van der Waals surface area contributed by atoms with Crippen LogP contribution in [0.15, 0.2) is 53.7 Å². The molecule has 0 bridgehead atoms. The number of carbonyl (C=O) groups excluding carboxylic acids is 1. The van der Waals surface area contributed by atoms with E-state index in [0.717, 1.165) is 16.2 Å². The van der Waals surface area contributed by atoms with Gasteiger partial charge in [-0.3, -0.25) is 4.79 Å². The first kappa shape index (κ1) is 14.9. The molecule has 0 saturated heterocycles. The summed E-state index contributed by atoms with van der Waals surface area (Å²) in [4.78, 5) is 16.6. The fourth-order valence-corrected chi connectivity index (χ4v) is 3.10. The average Bonchev–Trinajstić information content (AvgIpc) is 2.84. The van der Waals surface area contributed by atoms with Crippen LogP contribution in [0.1, 0.15) is 0 Å². The van der Waals surface area contributed by atoms with Crippen molar-refractivity contribution < 1.29 is 4.79 Å². The number of halogens is 1. The number of nitrogens with zero attached hydrogens (tertiary/aromatic N) is 2. The molecule has 1 heterocycles. The van der Waals surface area contributed by atoms with E-state index in [-0.39, 0.29) is 11.7 Å². The maximum absolute atomic E-state index is 12.0. The second-order valence-corrected chi connectivity index (χ2v) is 6.11. The quantitative estimate of drug-likeness (QED) is 0.736. The van der Waals surface area contributed by atoms with E-state index in [1.165, 1.54) is 11.8 Å². The number of imidazole rings is 1. The highest BCUT2D eigenvalue weighted by atomic mass is 35.5. The number of hydrogen-bond donors (Lipinski definition) is 1. The number of anilines is 1. The maximum atomic E-state index is 12.0. The van der Waals surface area contributed by atoms with Gasteiger partial charge < -0.3 is 9.88 Å². The third-order valence-corrected chi connectivity index (χ3v) is 4.59. The van der Waals surface area contributed by atoms with Crippen molar-refractivity contribution in [2.24, 2.45) is 7.05 Å². The summed E-state index contributed by atoms with van der Waals surface area (Å²) in [7, 11) is 1.95. The molecule has 1 N–H and O–H groups in total. The smallest absolute Gasteiger partial charge is 0.234 e. The molecule has 0 aliphatic carbocycles. The molecule has 0 fully saturated rings. The Balaban J connectivity index is 1.68. The molecule has 1 amide bonds. The lowest BCUT2D eigenvalue weighted by molar-refractivity contribution is -0.113. The number of amides is 1. The van der Waals surface area contributed by atoms with E-state index in [0.29, 0.717) is 10.7 Å². The molecule has 0 aliphatic rings. The molecule has 0 aliphatic heterocycles. The van der Waals surface area contributed by atoms with Gasteiger partial charge in [0.2, 0.25) is 5.91 Å². The van der Waals surface area contributed by atoms with Crippen LogP contribution in [0.4, 0.5) is 5.69 Å². The van der Waals surface area contributed by atoms with Crippen LogP contribution in [0, 0.1) is 0 Å². The van der Waals surface area contributed by atoms with E-state index in [2.05, 4.69) is 10.3 Å². The monoisotopic (exact) mass is 331 g/mol. The molecule has 0 saturated carbocycles. The Kier molecular flexibility index (Phi) is 4.36. The summed E-state index contributed by atoms with van der Waals surface area (Å²) in [6, 6.07) is 15.1. The largest absolute Gasteiger partial charge is 0.324 e. The summed E-state index contributed by atoms with van der Waals surface area (Å²) < 4.78 is 1.99. The second-order valence-electron chi connectivity index (χ2n) is 4.76. The van der Waals surface area contributed by atoms with Crippen molar-refractivity contribution in [1.29, 1.82) is 0 Å². The first-order valence-corrected chi connectivity index (χ1v) is 8.10. The van der Waals surface area contributed by atoms with Crippen molar-refractivity contribution in [3.63, 3.8) is 0 Å². The summed E-state index contributed by atoms with van der Waals surface area (Å²) in [6.07, 6.45) is 0. The second kappa shape index (κ2) is 6.42. The molecule has 0 atom stereocenters. The molecule has 3 aromatic rings. The number of nitrogens with one attached hydrogen (secondary N) is 1. The number of hydrogen-bond acceptors (Lipinski definition) is 3. The Morgan fingerprint density at radius 3 is 2.73 bits per heavy atom. The fraction of sp³-hybridized carbons (Fsp3) is 0.125. The summed E-state index contributed by atoms with van der Waals surface area (Å²) in [5.41, 5.74) is 2.61. The summed E-state index contributed by atoms with van der Waals surface area (Å²) in [6.45, 7) is 0. The van der Waals surface area contributed by atoms with E-state index < -0.39 is 0 Å². The minimum atomic E-state index is -0.106. The molecule has 0 unspecified atom stereocenters. The molecule has 22 heavy (non-hydrogen) atoms. The first-order chi connectivity index (χ1) is 10.6. The molecular formula is C16H14ClN3OS. The topological polar surface area (TPSA) is 46.9 Å². The maximum Gasteiger partial charge on any atom is 0.234 e. The van der Waals surface area contributed by atoms with Gasteiger partial charge in [-0.15, -0.1) is 0 Å². The Labute approximate surface area is 137 Å². The van der Waals surface area contributed by atoms with Crippen LogP contribution < -0.4 is 5.32 Å². The van der Waals surface area contributed by atoms with Crippen molar-refractivity contribution in [2.75, 3.05) is 11.1 Å². The Morgan fingerprint density at radius 1 is 1.23 bits per heavy atom. The summed E-state index contributed by atoms with van der Waals surface area (Å²) in [5.74, 6) is 0.174. The normalized spacial score (nSPS) is 10.8. The number of fused-ring (bicyclic) bond motifs is 1. The number of aromatic nitrogens is 2. The minimum absolute atomic E-state index is 0.106. The van der Waals surface area contributed by atoms with Crippen LogP contribution in [-0.4, -0.2) is 21.2 Å². The number of aryl methyl sites for hydroxylation is 1. The van der Waals surface area contributed by atoms with Gasteiger partial charge >= 0.3 is 0 Å². The molecule has 0 spiro atoms. The van der Waals surface area contributed by atoms with E-state index in [9.17, 15) is 4.79 Å². The van der Waals surface area contributed by atoms with E-state index >= 15 is 0 Å². The van der Waals surface area contributed by atoms with Crippen LogP contribution in [-0.2, 0) is 11.8 Å². The number of thioether (sulfide) groups is 1. The van der Waals surface area contributed by atoms with Crippen molar-refractivity contribution in [1.82, 2.24) is 9.55 Å². The number of rotatable bonds is 4. The predicted molar refractivity (Wildman–Crippen MR) is 91.5 cm³/mol. The van der Waals surface area contributed by atoms with Crippen LogP contribution in [0.2, 0.25) is 5.02 Å². The van der Waals surface area contributed by atoms with Gasteiger partial charge in [0.1, 0.15) is 0 Å². The van der Waals surface area contributed by atoms with Crippen molar-refractivity contribution in [2.45, 2.75) is 5.16 Å². The minimum Gasteiger partial charge on any atom is -0.324 e. The van der Waals surface area contributed by atoms with Gasteiger partial charge in [0.05, 0.1) is 27.5 Å². The Morgan fingerprint density at radius 2 is 1.95 bits per heavy atom. The van der Waals surface area contributed by atoms with Gasteiger partial charge in [-0.2, -0.15) is 0 Å². The third-order valence-electron chi connectivity index (χ3n) is 3.23. The van der Waals surface area contributed by atoms with Crippen LogP contribution >= 0.6 is 23.4 Å². The number of para-hydroxylation sites is 3. The van der Waals surface area contributed by atoms with Crippen molar-refractivity contribution >= 4 is 46.0 Å². The zero-order valence-electron chi connectivity index (χ0n) is 11.9. The summed E-state index contributed by atoms with van der Waals surface area (Å²) >= 11 is 7.43. The molecule has 1 aromatic heterocycles. The van der Waals surface area contributed by atoms with Gasteiger partial charge in [-0.1, -0.05) is 47.6 Å².